The Morgan fingerprint density at radius 2 is 1.88 bits per heavy atom. The maximum Gasteiger partial charge on any atom is 0.241 e. The smallest absolute Gasteiger partial charge is 0.241 e. The van der Waals surface area contributed by atoms with Crippen molar-refractivity contribution in [3.05, 3.63) is 54.1 Å². The molecule has 7 nitrogen and oxygen atoms in total. The lowest BCUT2D eigenvalue weighted by Crippen LogP contribution is -2.47. The fourth-order valence-electron chi connectivity index (χ4n) is 4.18. The van der Waals surface area contributed by atoms with Crippen molar-refractivity contribution >= 4 is 21.6 Å². The van der Waals surface area contributed by atoms with E-state index in [4.69, 9.17) is 9.47 Å². The van der Waals surface area contributed by atoms with Crippen LogP contribution in [0, 0.1) is 0 Å². The van der Waals surface area contributed by atoms with Gasteiger partial charge in [-0.15, -0.1) is 0 Å². The van der Waals surface area contributed by atoms with E-state index in [0.29, 0.717) is 17.9 Å². The first-order valence-corrected chi connectivity index (χ1v) is 13.2. The topological polar surface area (TPSA) is 84.9 Å². The van der Waals surface area contributed by atoms with E-state index in [9.17, 15) is 13.2 Å². The normalized spacial score (nSPS) is 17.1. The number of amides is 1. The molecule has 1 N–H and O–H groups in total. The van der Waals surface area contributed by atoms with E-state index in [-0.39, 0.29) is 30.2 Å². The fraction of sp³-hybridized carbons (Fsp3) is 0.480. The van der Waals surface area contributed by atoms with E-state index in [1.54, 1.807) is 24.3 Å². The number of nitrogens with zero attached hydrogens (tertiary/aromatic N) is 1. The highest BCUT2D eigenvalue weighted by Gasteiger charge is 2.39. The van der Waals surface area contributed by atoms with Crippen LogP contribution in [0.25, 0.3) is 0 Å². The molecule has 0 fully saturated rings. The number of hydrogen-bond acceptors (Lipinski definition) is 5. The average molecular weight is 475 g/mol. The summed E-state index contributed by atoms with van der Waals surface area (Å²) in [6.07, 6.45) is 3.28. The quantitative estimate of drug-likeness (QED) is 0.581. The number of ether oxygens (including phenoxy) is 2. The van der Waals surface area contributed by atoms with Crippen LogP contribution in [0.15, 0.2) is 48.5 Å². The van der Waals surface area contributed by atoms with Crippen LogP contribution in [-0.4, -0.2) is 38.8 Å². The standard InChI is InChI=1S/C25H34N2O5S/c1-6-25(7-2)16-22(21-13-8-9-14-23(21)32-25)26-24(28)17-27(33(5,29)30)19-11-10-12-20(15-19)31-18(3)4/h8-15,18,22H,6-7,16-17H2,1-5H3,(H,26,28). The molecule has 180 valence electrons. The third-order valence-corrected chi connectivity index (χ3v) is 7.13. The first-order chi connectivity index (χ1) is 15.6. The number of fused-ring (bicyclic) bond motifs is 1. The van der Waals surface area contributed by atoms with Crippen LogP contribution < -0.4 is 19.1 Å². The number of carbonyl (C=O) groups excluding carboxylic acids is 1. The minimum atomic E-state index is -3.70. The second-order valence-corrected chi connectivity index (χ2v) is 10.7. The van der Waals surface area contributed by atoms with Crippen LogP contribution >= 0.6 is 0 Å². The Labute approximate surface area is 197 Å². The number of nitrogens with one attached hydrogen (secondary N) is 1. The summed E-state index contributed by atoms with van der Waals surface area (Å²) in [7, 11) is -3.70. The molecule has 1 aliphatic heterocycles. The molecule has 1 aliphatic rings. The van der Waals surface area contributed by atoms with Crippen molar-refractivity contribution in [1.82, 2.24) is 5.32 Å². The van der Waals surface area contributed by atoms with Crippen LogP contribution in [0.3, 0.4) is 0 Å². The Bertz CT molecular complexity index is 1080. The minimum absolute atomic E-state index is 0.0544. The SMILES string of the molecule is CCC1(CC)CC(NC(=O)CN(c2cccc(OC(C)C)c2)S(C)(=O)=O)c2ccccc2O1. The number of para-hydroxylation sites is 1. The zero-order valence-electron chi connectivity index (χ0n) is 20.0. The number of anilines is 1. The third-order valence-electron chi connectivity index (χ3n) is 5.99. The van der Waals surface area contributed by atoms with Crippen LogP contribution in [0.2, 0.25) is 0 Å². The monoisotopic (exact) mass is 474 g/mol. The molecule has 1 amide bonds. The summed E-state index contributed by atoms with van der Waals surface area (Å²) >= 11 is 0. The molecule has 33 heavy (non-hydrogen) atoms. The molecule has 8 heteroatoms. The Morgan fingerprint density at radius 3 is 2.52 bits per heavy atom. The summed E-state index contributed by atoms with van der Waals surface area (Å²) in [5.41, 5.74) is 0.918. The molecule has 2 aromatic rings. The highest BCUT2D eigenvalue weighted by molar-refractivity contribution is 7.92. The van der Waals surface area contributed by atoms with Gasteiger partial charge in [0, 0.05) is 18.1 Å². The molecule has 3 rings (SSSR count). The van der Waals surface area contributed by atoms with E-state index in [1.807, 2.05) is 38.1 Å². The minimum Gasteiger partial charge on any atom is -0.491 e. The van der Waals surface area contributed by atoms with Crippen molar-refractivity contribution in [2.75, 3.05) is 17.1 Å². The number of rotatable bonds is 9. The molecule has 1 unspecified atom stereocenters. The lowest BCUT2D eigenvalue weighted by atomic mass is 9.83. The van der Waals surface area contributed by atoms with Gasteiger partial charge >= 0.3 is 0 Å². The van der Waals surface area contributed by atoms with E-state index in [0.717, 1.165) is 34.7 Å². The first-order valence-electron chi connectivity index (χ1n) is 11.4. The van der Waals surface area contributed by atoms with Gasteiger partial charge in [0.25, 0.3) is 0 Å². The van der Waals surface area contributed by atoms with Gasteiger partial charge in [-0.05, 0) is 44.9 Å². The summed E-state index contributed by atoms with van der Waals surface area (Å²) in [5.74, 6) is 0.931. The van der Waals surface area contributed by atoms with E-state index in [1.165, 1.54) is 0 Å². The molecule has 1 atom stereocenters. The summed E-state index contributed by atoms with van der Waals surface area (Å²) in [6, 6.07) is 14.2. The van der Waals surface area contributed by atoms with Gasteiger partial charge in [0.1, 0.15) is 23.6 Å². The summed E-state index contributed by atoms with van der Waals surface area (Å²) in [6.45, 7) is 7.62. The first kappa shape index (κ1) is 24.9. The van der Waals surface area contributed by atoms with Gasteiger partial charge in [0.2, 0.25) is 15.9 Å². The summed E-state index contributed by atoms with van der Waals surface area (Å²) in [4.78, 5) is 13.1. The van der Waals surface area contributed by atoms with Gasteiger partial charge in [0.05, 0.1) is 24.1 Å². The lowest BCUT2D eigenvalue weighted by Gasteiger charge is -2.41. The molecule has 1 heterocycles. The molecule has 0 saturated carbocycles. The number of carbonyl (C=O) groups is 1. The maximum atomic E-state index is 13.1. The van der Waals surface area contributed by atoms with Crippen molar-refractivity contribution < 1.29 is 22.7 Å². The predicted molar refractivity (Wildman–Crippen MR) is 130 cm³/mol. The van der Waals surface area contributed by atoms with Crippen LogP contribution in [-0.2, 0) is 14.8 Å². The van der Waals surface area contributed by atoms with E-state index >= 15 is 0 Å². The van der Waals surface area contributed by atoms with Crippen molar-refractivity contribution in [3.63, 3.8) is 0 Å². The Kier molecular flexibility index (Phi) is 7.57. The number of hydrogen-bond donors (Lipinski definition) is 1. The van der Waals surface area contributed by atoms with Crippen molar-refractivity contribution in [1.29, 1.82) is 0 Å². The molecule has 0 spiro atoms. The zero-order valence-corrected chi connectivity index (χ0v) is 20.8. The second-order valence-electron chi connectivity index (χ2n) is 8.79. The zero-order chi connectivity index (χ0) is 24.2. The Balaban J connectivity index is 1.84. The van der Waals surface area contributed by atoms with E-state index in [2.05, 4.69) is 19.2 Å². The molecule has 0 radical (unpaired) electrons. The summed E-state index contributed by atoms with van der Waals surface area (Å²) in [5, 5.41) is 3.06. The maximum absolute atomic E-state index is 13.1. The van der Waals surface area contributed by atoms with Gasteiger partial charge in [-0.2, -0.15) is 0 Å². The van der Waals surface area contributed by atoms with Crippen LogP contribution in [0.5, 0.6) is 11.5 Å². The van der Waals surface area contributed by atoms with Crippen LogP contribution in [0.4, 0.5) is 5.69 Å². The van der Waals surface area contributed by atoms with Crippen molar-refractivity contribution in [2.24, 2.45) is 0 Å². The van der Waals surface area contributed by atoms with Gasteiger partial charge in [-0.25, -0.2) is 8.42 Å². The number of sulfonamides is 1. The predicted octanol–water partition coefficient (Wildman–Crippen LogP) is 4.44. The molecule has 0 aliphatic carbocycles. The van der Waals surface area contributed by atoms with Gasteiger partial charge in [-0.1, -0.05) is 38.1 Å². The van der Waals surface area contributed by atoms with Crippen LogP contribution in [0.1, 0.15) is 58.6 Å². The Hall–Kier alpha value is -2.74. The van der Waals surface area contributed by atoms with E-state index < -0.39 is 10.0 Å². The average Bonchev–Trinajstić information content (AvgIpc) is 2.76. The molecular formula is C25H34N2O5S. The largest absolute Gasteiger partial charge is 0.491 e. The molecule has 0 aromatic heterocycles. The number of benzene rings is 2. The Morgan fingerprint density at radius 1 is 1.18 bits per heavy atom. The second kappa shape index (κ2) is 10.0. The molecule has 0 saturated heterocycles. The molecule has 2 aromatic carbocycles. The van der Waals surface area contributed by atoms with Gasteiger partial charge < -0.3 is 14.8 Å². The third kappa shape index (κ3) is 5.99. The fourth-order valence-corrected chi connectivity index (χ4v) is 5.03. The van der Waals surface area contributed by atoms with Gasteiger partial charge in [-0.3, -0.25) is 9.10 Å². The summed E-state index contributed by atoms with van der Waals surface area (Å²) < 4.78 is 38.3. The van der Waals surface area contributed by atoms with Gasteiger partial charge in [0.15, 0.2) is 0 Å². The molecule has 0 bridgehead atoms. The highest BCUT2D eigenvalue weighted by Crippen LogP contribution is 2.42. The molecular weight excluding hydrogens is 440 g/mol. The van der Waals surface area contributed by atoms with Crippen molar-refractivity contribution in [3.8, 4) is 11.5 Å². The van der Waals surface area contributed by atoms with Crippen molar-refractivity contribution in [2.45, 2.75) is 64.7 Å². The lowest BCUT2D eigenvalue weighted by molar-refractivity contribution is -0.121. The highest BCUT2D eigenvalue weighted by atomic mass is 32.2.